The van der Waals surface area contributed by atoms with Crippen molar-refractivity contribution in [1.82, 2.24) is 14.9 Å². The molecular formula is C26H29FN4O. The lowest BCUT2D eigenvalue weighted by atomic mass is 10.0. The summed E-state index contributed by atoms with van der Waals surface area (Å²) in [6.45, 7) is 8.60. The lowest BCUT2D eigenvalue weighted by molar-refractivity contribution is 0.0762. The number of rotatable bonds is 4. The first-order chi connectivity index (χ1) is 15.4. The Bertz CT molecular complexity index is 1110. The van der Waals surface area contributed by atoms with Crippen LogP contribution in [0.4, 0.5) is 10.2 Å². The van der Waals surface area contributed by atoms with Gasteiger partial charge in [-0.1, -0.05) is 42.0 Å². The Kier molecular flexibility index (Phi) is 6.49. The van der Waals surface area contributed by atoms with Gasteiger partial charge in [0.15, 0.2) is 0 Å². The third kappa shape index (κ3) is 4.79. The molecular weight excluding hydrogens is 403 g/mol. The molecule has 6 heteroatoms. The minimum Gasteiger partial charge on any atom is -0.354 e. The van der Waals surface area contributed by atoms with Gasteiger partial charge in [0.25, 0.3) is 5.91 Å². The first kappa shape index (κ1) is 21.9. The van der Waals surface area contributed by atoms with Gasteiger partial charge in [0.2, 0.25) is 0 Å². The van der Waals surface area contributed by atoms with E-state index >= 15 is 0 Å². The van der Waals surface area contributed by atoms with Crippen molar-refractivity contribution >= 4 is 11.7 Å². The van der Waals surface area contributed by atoms with Gasteiger partial charge in [0, 0.05) is 43.9 Å². The summed E-state index contributed by atoms with van der Waals surface area (Å²) < 4.78 is 14.1. The van der Waals surface area contributed by atoms with Gasteiger partial charge in [-0.05, 0) is 44.9 Å². The van der Waals surface area contributed by atoms with E-state index in [1.54, 1.807) is 23.1 Å². The van der Waals surface area contributed by atoms with Gasteiger partial charge in [0.1, 0.15) is 17.5 Å². The SMILES string of the molecule is Cc1ccc(Cc2c(C)nc(C)nc2N2CCCN(C(=O)c3ccccc3F)CC2)cc1. The number of aryl methyl sites for hydroxylation is 3. The number of carbonyl (C=O) groups is 1. The summed E-state index contributed by atoms with van der Waals surface area (Å²) in [4.78, 5) is 26.3. The van der Waals surface area contributed by atoms with E-state index in [4.69, 9.17) is 4.98 Å². The second-order valence-electron chi connectivity index (χ2n) is 8.43. The molecule has 2 heterocycles. The highest BCUT2D eigenvalue weighted by molar-refractivity contribution is 5.94. The van der Waals surface area contributed by atoms with Crippen LogP contribution in [0, 0.1) is 26.6 Å². The average Bonchev–Trinajstić information content (AvgIpc) is 3.03. The minimum absolute atomic E-state index is 0.134. The summed E-state index contributed by atoms with van der Waals surface area (Å²) in [5.74, 6) is 0.963. The largest absolute Gasteiger partial charge is 0.354 e. The van der Waals surface area contributed by atoms with E-state index in [0.717, 1.165) is 42.3 Å². The van der Waals surface area contributed by atoms with E-state index in [2.05, 4.69) is 41.1 Å². The number of hydrogen-bond acceptors (Lipinski definition) is 4. The average molecular weight is 433 g/mol. The van der Waals surface area contributed by atoms with Crippen molar-refractivity contribution < 1.29 is 9.18 Å². The van der Waals surface area contributed by atoms with Crippen molar-refractivity contribution in [2.45, 2.75) is 33.6 Å². The van der Waals surface area contributed by atoms with Crippen LogP contribution in [-0.4, -0.2) is 47.0 Å². The van der Waals surface area contributed by atoms with E-state index in [1.165, 1.54) is 17.2 Å². The van der Waals surface area contributed by atoms with Crippen LogP contribution in [0.3, 0.4) is 0 Å². The molecule has 1 aliphatic heterocycles. The molecule has 1 aliphatic rings. The van der Waals surface area contributed by atoms with Crippen molar-refractivity contribution in [3.05, 3.63) is 88.1 Å². The topological polar surface area (TPSA) is 49.3 Å². The summed E-state index contributed by atoms with van der Waals surface area (Å²) in [6.07, 6.45) is 1.56. The predicted octanol–water partition coefficient (Wildman–Crippen LogP) is 4.48. The van der Waals surface area contributed by atoms with Gasteiger partial charge in [-0.3, -0.25) is 4.79 Å². The zero-order valence-electron chi connectivity index (χ0n) is 18.9. The molecule has 0 aliphatic carbocycles. The van der Waals surface area contributed by atoms with Crippen LogP contribution >= 0.6 is 0 Å². The smallest absolute Gasteiger partial charge is 0.256 e. The standard InChI is InChI=1S/C26H29FN4O/c1-18-9-11-21(12-10-18)17-23-19(2)28-20(3)29-25(23)30-13-6-14-31(16-15-30)26(32)22-7-4-5-8-24(22)27/h4-5,7-12H,6,13-17H2,1-3H3. The van der Waals surface area contributed by atoms with Crippen LogP contribution in [0.15, 0.2) is 48.5 Å². The second-order valence-corrected chi connectivity index (χ2v) is 8.43. The van der Waals surface area contributed by atoms with Crippen LogP contribution in [0.25, 0.3) is 0 Å². The molecule has 3 aromatic rings. The van der Waals surface area contributed by atoms with Crippen molar-refractivity contribution in [2.24, 2.45) is 0 Å². The predicted molar refractivity (Wildman–Crippen MR) is 125 cm³/mol. The Balaban J connectivity index is 1.57. The molecule has 0 atom stereocenters. The zero-order valence-corrected chi connectivity index (χ0v) is 18.9. The first-order valence-electron chi connectivity index (χ1n) is 11.1. The lowest BCUT2D eigenvalue weighted by Gasteiger charge is -2.26. The Morgan fingerprint density at radius 1 is 0.938 bits per heavy atom. The van der Waals surface area contributed by atoms with E-state index in [1.807, 2.05) is 13.8 Å². The van der Waals surface area contributed by atoms with E-state index in [-0.39, 0.29) is 11.5 Å². The number of halogens is 1. The maximum atomic E-state index is 14.1. The molecule has 32 heavy (non-hydrogen) atoms. The Labute approximate surface area is 188 Å². The fraction of sp³-hybridized carbons (Fsp3) is 0.346. The van der Waals surface area contributed by atoms with Crippen LogP contribution in [-0.2, 0) is 6.42 Å². The molecule has 166 valence electrons. The van der Waals surface area contributed by atoms with Crippen LogP contribution in [0.2, 0.25) is 0 Å². The number of hydrogen-bond donors (Lipinski definition) is 0. The van der Waals surface area contributed by atoms with Crippen molar-refractivity contribution in [3.63, 3.8) is 0 Å². The molecule has 1 fully saturated rings. The molecule has 0 bridgehead atoms. The number of aromatic nitrogens is 2. The lowest BCUT2D eigenvalue weighted by Crippen LogP contribution is -2.36. The van der Waals surface area contributed by atoms with Crippen LogP contribution in [0.1, 0.15) is 45.0 Å². The zero-order chi connectivity index (χ0) is 22.7. The van der Waals surface area contributed by atoms with E-state index in [9.17, 15) is 9.18 Å². The van der Waals surface area contributed by atoms with Gasteiger partial charge >= 0.3 is 0 Å². The summed E-state index contributed by atoms with van der Waals surface area (Å²) in [6, 6.07) is 14.7. The highest BCUT2D eigenvalue weighted by Gasteiger charge is 2.25. The molecule has 0 unspecified atom stereocenters. The third-order valence-corrected chi connectivity index (χ3v) is 5.99. The summed E-state index contributed by atoms with van der Waals surface area (Å²) in [5.41, 5.74) is 4.69. The number of amides is 1. The first-order valence-corrected chi connectivity index (χ1v) is 11.1. The maximum absolute atomic E-state index is 14.1. The van der Waals surface area contributed by atoms with Gasteiger partial charge in [-0.25, -0.2) is 14.4 Å². The summed E-state index contributed by atoms with van der Waals surface area (Å²) >= 11 is 0. The molecule has 5 nitrogen and oxygen atoms in total. The van der Waals surface area contributed by atoms with Gasteiger partial charge < -0.3 is 9.80 Å². The van der Waals surface area contributed by atoms with Crippen LogP contribution in [0.5, 0.6) is 0 Å². The molecule has 0 saturated carbocycles. The fourth-order valence-corrected chi connectivity index (χ4v) is 4.23. The molecule has 1 amide bonds. The normalized spacial score (nSPS) is 14.4. The summed E-state index contributed by atoms with van der Waals surface area (Å²) in [7, 11) is 0. The molecule has 0 spiro atoms. The van der Waals surface area contributed by atoms with E-state index < -0.39 is 5.82 Å². The molecule has 1 aromatic heterocycles. The molecule has 4 rings (SSSR count). The molecule has 1 saturated heterocycles. The monoisotopic (exact) mass is 432 g/mol. The molecule has 0 radical (unpaired) electrons. The van der Waals surface area contributed by atoms with Crippen molar-refractivity contribution in [2.75, 3.05) is 31.1 Å². The van der Waals surface area contributed by atoms with E-state index in [0.29, 0.717) is 19.6 Å². The maximum Gasteiger partial charge on any atom is 0.256 e. The van der Waals surface area contributed by atoms with Crippen LogP contribution < -0.4 is 4.90 Å². The highest BCUT2D eigenvalue weighted by Crippen LogP contribution is 2.25. The Morgan fingerprint density at radius 3 is 2.44 bits per heavy atom. The number of benzene rings is 2. The van der Waals surface area contributed by atoms with Gasteiger partial charge in [-0.2, -0.15) is 0 Å². The van der Waals surface area contributed by atoms with Crippen molar-refractivity contribution in [3.8, 4) is 0 Å². The molecule has 2 aromatic carbocycles. The van der Waals surface area contributed by atoms with Gasteiger partial charge in [-0.15, -0.1) is 0 Å². The quantitative estimate of drug-likeness (QED) is 0.610. The molecule has 0 N–H and O–H groups in total. The third-order valence-electron chi connectivity index (χ3n) is 5.99. The Hall–Kier alpha value is -3.28. The fourth-order valence-electron chi connectivity index (χ4n) is 4.23. The number of anilines is 1. The highest BCUT2D eigenvalue weighted by atomic mass is 19.1. The number of nitrogens with zero attached hydrogens (tertiary/aromatic N) is 4. The Morgan fingerprint density at radius 2 is 1.69 bits per heavy atom. The van der Waals surface area contributed by atoms with Crippen molar-refractivity contribution in [1.29, 1.82) is 0 Å². The minimum atomic E-state index is -0.471. The summed E-state index contributed by atoms with van der Waals surface area (Å²) in [5, 5.41) is 0. The van der Waals surface area contributed by atoms with Gasteiger partial charge in [0.05, 0.1) is 5.56 Å². The second kappa shape index (κ2) is 9.47. The number of carbonyl (C=O) groups excluding carboxylic acids is 1.